The summed E-state index contributed by atoms with van der Waals surface area (Å²) in [5.74, 6) is -0.0823. The number of nitrogens with one attached hydrogen (secondary N) is 1. The van der Waals surface area contributed by atoms with Crippen LogP contribution in [0.4, 0.5) is 5.69 Å². The Balaban J connectivity index is 2.63. The van der Waals surface area contributed by atoms with Gasteiger partial charge in [0.25, 0.3) is 0 Å². The molecule has 1 aromatic carbocycles. The van der Waals surface area contributed by atoms with Crippen LogP contribution >= 0.6 is 0 Å². The van der Waals surface area contributed by atoms with Gasteiger partial charge in [-0.15, -0.1) is 0 Å². The molecule has 0 radical (unpaired) electrons. The average molecular weight is 301 g/mol. The second kappa shape index (κ2) is 6.05. The van der Waals surface area contributed by atoms with Gasteiger partial charge in [0.1, 0.15) is 0 Å². The van der Waals surface area contributed by atoms with Crippen molar-refractivity contribution in [1.29, 1.82) is 0 Å². The van der Waals surface area contributed by atoms with E-state index in [0.29, 0.717) is 12.1 Å². The molecule has 0 aliphatic rings. The molecule has 0 aliphatic carbocycles. The van der Waals surface area contributed by atoms with Crippen LogP contribution in [0.3, 0.4) is 0 Å². The van der Waals surface area contributed by atoms with Gasteiger partial charge in [0, 0.05) is 0 Å². The van der Waals surface area contributed by atoms with Crippen LogP contribution in [0.1, 0.15) is 26.2 Å². The van der Waals surface area contributed by atoms with Crippen molar-refractivity contribution in [2.24, 2.45) is 0 Å². The number of carbonyl (C=O) groups is 1. The predicted molar refractivity (Wildman–Crippen MR) is 65.1 cm³/mol. The first-order valence-corrected chi connectivity index (χ1v) is 8.78. The topological polar surface area (TPSA) is 86.6 Å². The Morgan fingerprint density at radius 2 is 1.88 bits per heavy atom. The monoisotopic (exact) mass is 301 g/mol. The molecule has 1 rings (SSSR count). The first kappa shape index (κ1) is 14.0. The van der Waals surface area contributed by atoms with Crippen LogP contribution in [0, 0.1) is 0 Å². The van der Waals surface area contributed by atoms with Crippen LogP contribution in [0.5, 0.6) is 0 Å². The summed E-state index contributed by atoms with van der Waals surface area (Å²) in [6.45, 7) is 2.00. The minimum atomic E-state index is -4.81. The Kier molecular flexibility index (Phi) is 4.99. The van der Waals surface area contributed by atoms with Crippen molar-refractivity contribution in [2.75, 3.05) is 5.32 Å². The normalized spacial score (nSPS) is 11.2. The number of benzene rings is 1. The molecule has 0 unspecified atom stereocenters. The molecule has 1 amide bonds. The fraction of sp³-hybridized carbons (Fsp3) is 0.364. The van der Waals surface area contributed by atoms with Crippen LogP contribution < -0.4 is 9.67 Å². The summed E-state index contributed by atoms with van der Waals surface area (Å²) in [6, 6.07) is 5.68. The van der Waals surface area contributed by atoms with Gasteiger partial charge in [0.15, 0.2) is 0 Å². The molecule has 0 heterocycles. The second-order valence-corrected chi connectivity index (χ2v) is 7.11. The van der Waals surface area contributed by atoms with E-state index in [1.54, 1.807) is 0 Å². The molecule has 0 bridgehead atoms. The van der Waals surface area contributed by atoms with E-state index in [4.69, 9.17) is 8.19 Å². The molecular formula is C11H16AsNO4. The standard InChI is InChI=1S/C11H16AsNO4/c1-2-3-4-11(14)13-10-7-5-9(6-8-10)12(15,16)17/h5-8H,2-4H2,1H3,(H,13,14)(H2,15,16,17). The molecule has 5 nitrogen and oxygen atoms in total. The van der Waals surface area contributed by atoms with Gasteiger partial charge in [0.2, 0.25) is 0 Å². The predicted octanol–water partition coefficient (Wildman–Crippen LogP) is 0.376. The van der Waals surface area contributed by atoms with Crippen molar-refractivity contribution in [3.05, 3.63) is 24.3 Å². The molecule has 94 valence electrons. The van der Waals surface area contributed by atoms with Crippen molar-refractivity contribution >= 4 is 30.1 Å². The summed E-state index contributed by atoms with van der Waals surface area (Å²) in [4.78, 5) is 11.4. The van der Waals surface area contributed by atoms with Gasteiger partial charge >= 0.3 is 103 Å². The molecule has 0 saturated heterocycles. The van der Waals surface area contributed by atoms with E-state index >= 15 is 0 Å². The molecule has 0 fully saturated rings. The quantitative estimate of drug-likeness (QED) is 0.686. The number of hydrogen-bond donors (Lipinski definition) is 3. The third kappa shape index (κ3) is 4.77. The van der Waals surface area contributed by atoms with Crippen molar-refractivity contribution in [3.63, 3.8) is 0 Å². The van der Waals surface area contributed by atoms with Gasteiger partial charge in [-0.2, -0.15) is 0 Å². The number of anilines is 1. The summed E-state index contributed by atoms with van der Waals surface area (Å²) >= 11 is -4.81. The fourth-order valence-corrected chi connectivity index (χ4v) is 2.43. The van der Waals surface area contributed by atoms with Gasteiger partial charge in [0.05, 0.1) is 0 Å². The van der Waals surface area contributed by atoms with Gasteiger partial charge in [-0.1, -0.05) is 0 Å². The molecule has 1 aromatic rings. The van der Waals surface area contributed by atoms with Crippen molar-refractivity contribution in [2.45, 2.75) is 26.2 Å². The van der Waals surface area contributed by atoms with Gasteiger partial charge < -0.3 is 0 Å². The van der Waals surface area contributed by atoms with Crippen LogP contribution in [0.15, 0.2) is 24.3 Å². The van der Waals surface area contributed by atoms with Crippen LogP contribution in [0.2, 0.25) is 0 Å². The Hall–Kier alpha value is -1.03. The Bertz CT molecular complexity index is 424. The third-order valence-corrected chi connectivity index (χ3v) is 4.28. The summed E-state index contributed by atoms with van der Waals surface area (Å²) < 4.78 is 28.9. The number of hydrogen-bond acceptors (Lipinski definition) is 2. The van der Waals surface area contributed by atoms with Gasteiger partial charge in [-0.25, -0.2) is 0 Å². The maximum absolute atomic E-state index is 11.4. The Labute approximate surface area is 103 Å². The zero-order valence-electron chi connectivity index (χ0n) is 9.59. The average Bonchev–Trinajstić information content (AvgIpc) is 2.26. The van der Waals surface area contributed by atoms with E-state index in [-0.39, 0.29) is 10.3 Å². The van der Waals surface area contributed by atoms with Crippen molar-refractivity contribution < 1.29 is 16.7 Å². The molecule has 6 heteroatoms. The SMILES string of the molecule is CCCCC(=O)Nc1ccc([As](=O)(O)O)cc1. The summed E-state index contributed by atoms with van der Waals surface area (Å²) in [5.41, 5.74) is 0.554. The molecule has 0 aromatic heterocycles. The van der Waals surface area contributed by atoms with Crippen LogP contribution in [0.25, 0.3) is 0 Å². The van der Waals surface area contributed by atoms with E-state index < -0.39 is 14.2 Å². The molecular weight excluding hydrogens is 285 g/mol. The van der Waals surface area contributed by atoms with Gasteiger partial charge in [-0.3, -0.25) is 0 Å². The summed E-state index contributed by atoms with van der Waals surface area (Å²) in [5, 5.41) is 2.67. The zero-order valence-corrected chi connectivity index (χ0v) is 11.5. The number of unbranched alkanes of at least 4 members (excludes halogenated alkanes) is 1. The molecule has 0 aliphatic heterocycles. The zero-order chi connectivity index (χ0) is 12.9. The van der Waals surface area contributed by atoms with E-state index in [2.05, 4.69) is 5.32 Å². The van der Waals surface area contributed by atoms with E-state index in [9.17, 15) is 8.53 Å². The van der Waals surface area contributed by atoms with Gasteiger partial charge in [-0.05, 0) is 0 Å². The first-order valence-electron chi connectivity index (χ1n) is 5.39. The first-order chi connectivity index (χ1) is 7.93. The number of rotatable bonds is 5. The summed E-state index contributed by atoms with van der Waals surface area (Å²) in [6.07, 6.45) is 2.24. The molecule has 0 spiro atoms. The van der Waals surface area contributed by atoms with Crippen molar-refractivity contribution in [3.8, 4) is 0 Å². The van der Waals surface area contributed by atoms with Crippen molar-refractivity contribution in [1.82, 2.24) is 0 Å². The summed E-state index contributed by atoms with van der Waals surface area (Å²) in [7, 11) is 0. The van der Waals surface area contributed by atoms with Crippen LogP contribution in [-0.2, 0) is 8.53 Å². The fourth-order valence-electron chi connectivity index (χ4n) is 1.30. The molecule has 3 N–H and O–H groups in total. The van der Waals surface area contributed by atoms with E-state index in [1.165, 1.54) is 24.3 Å². The number of carbonyl (C=O) groups excluding carboxylic acids is 1. The maximum atomic E-state index is 11.4. The number of amides is 1. The second-order valence-electron chi connectivity index (χ2n) is 3.74. The minimum absolute atomic E-state index is 0.00896. The Morgan fingerprint density at radius 1 is 1.29 bits per heavy atom. The third-order valence-electron chi connectivity index (χ3n) is 2.24. The molecule has 0 saturated carbocycles. The Morgan fingerprint density at radius 3 is 2.35 bits per heavy atom. The van der Waals surface area contributed by atoms with E-state index in [0.717, 1.165) is 12.8 Å². The van der Waals surface area contributed by atoms with Crippen LogP contribution in [-0.4, -0.2) is 28.3 Å². The van der Waals surface area contributed by atoms with E-state index in [1.807, 2.05) is 6.92 Å². The molecule has 17 heavy (non-hydrogen) atoms. The molecule has 0 atom stereocenters.